The molecule has 5 heteroatoms. The van der Waals surface area contributed by atoms with E-state index < -0.39 is 6.23 Å². The molecule has 1 aromatic heterocycles. The van der Waals surface area contributed by atoms with Crippen molar-refractivity contribution in [3.8, 4) is 0 Å². The Hall–Kier alpha value is -3.44. The van der Waals surface area contributed by atoms with E-state index in [-0.39, 0.29) is 11.9 Å². The van der Waals surface area contributed by atoms with Crippen LogP contribution in [0.15, 0.2) is 72.8 Å². The van der Waals surface area contributed by atoms with E-state index in [9.17, 15) is 9.90 Å². The highest BCUT2D eigenvalue weighted by Crippen LogP contribution is 2.34. The second kappa shape index (κ2) is 6.87. The monoisotopic (exact) mass is 383 g/mol. The summed E-state index contributed by atoms with van der Waals surface area (Å²) in [5.74, 6) is -0.133. The molecule has 5 nitrogen and oxygen atoms in total. The number of hydrogen-bond donors (Lipinski definition) is 2. The van der Waals surface area contributed by atoms with E-state index in [4.69, 9.17) is 4.98 Å². The van der Waals surface area contributed by atoms with Gasteiger partial charge in [-0.2, -0.15) is 0 Å². The Morgan fingerprint density at radius 1 is 0.966 bits per heavy atom. The van der Waals surface area contributed by atoms with Gasteiger partial charge in [0.15, 0.2) is 6.23 Å². The van der Waals surface area contributed by atoms with E-state index in [0.29, 0.717) is 17.7 Å². The van der Waals surface area contributed by atoms with Crippen molar-refractivity contribution in [1.29, 1.82) is 0 Å². The molecule has 0 fully saturated rings. The first kappa shape index (κ1) is 17.6. The lowest BCUT2D eigenvalue weighted by Crippen LogP contribution is -2.40. The van der Waals surface area contributed by atoms with E-state index in [1.54, 1.807) is 11.0 Å². The molecule has 5 rings (SSSR count). The van der Waals surface area contributed by atoms with Crippen molar-refractivity contribution in [3.05, 3.63) is 83.9 Å². The van der Waals surface area contributed by atoms with Crippen LogP contribution in [0, 0.1) is 0 Å². The summed E-state index contributed by atoms with van der Waals surface area (Å²) in [6.07, 6.45) is -0.915. The summed E-state index contributed by atoms with van der Waals surface area (Å²) in [4.78, 5) is 19.1. The van der Waals surface area contributed by atoms with Crippen LogP contribution in [0.4, 0.5) is 5.69 Å². The first-order valence-corrected chi connectivity index (χ1v) is 9.76. The quantitative estimate of drug-likeness (QED) is 0.515. The number of fused-ring (bicyclic) bond motifs is 3. The smallest absolute Gasteiger partial charge is 0.256 e. The number of nitrogens with one attached hydrogen (secondary N) is 1. The lowest BCUT2D eigenvalue weighted by Gasteiger charge is -2.29. The summed E-state index contributed by atoms with van der Waals surface area (Å²) in [7, 11) is 0. The Labute approximate surface area is 168 Å². The number of carbonyl (C=O) groups excluding carboxylic acids is 1. The number of hydrogen-bond acceptors (Lipinski definition) is 4. The molecule has 0 spiro atoms. The minimum Gasteiger partial charge on any atom is -0.382 e. The van der Waals surface area contributed by atoms with Crippen LogP contribution in [0.2, 0.25) is 0 Å². The molecule has 0 saturated carbocycles. The van der Waals surface area contributed by atoms with Crippen LogP contribution in [0.5, 0.6) is 0 Å². The van der Waals surface area contributed by atoms with Gasteiger partial charge in [-0.1, -0.05) is 54.6 Å². The third-order valence-electron chi connectivity index (χ3n) is 5.60. The number of carbonyl (C=O) groups is 1. The fourth-order valence-electron chi connectivity index (χ4n) is 4.14. The van der Waals surface area contributed by atoms with E-state index in [1.807, 2.05) is 73.7 Å². The summed E-state index contributed by atoms with van der Waals surface area (Å²) in [5, 5.41) is 16.3. The Kier molecular flexibility index (Phi) is 4.18. The summed E-state index contributed by atoms with van der Waals surface area (Å²) in [5.41, 5.74) is 4.09. The number of aliphatic hydroxyl groups is 1. The van der Waals surface area contributed by atoms with Crippen molar-refractivity contribution < 1.29 is 9.90 Å². The molecule has 29 heavy (non-hydrogen) atoms. The van der Waals surface area contributed by atoms with Gasteiger partial charge in [-0.25, -0.2) is 4.98 Å². The maximum Gasteiger partial charge on any atom is 0.256 e. The zero-order valence-electron chi connectivity index (χ0n) is 16.0. The van der Waals surface area contributed by atoms with Crippen molar-refractivity contribution >= 4 is 33.4 Å². The maximum atomic E-state index is 12.8. The van der Waals surface area contributed by atoms with Crippen LogP contribution >= 0.6 is 0 Å². The first-order valence-electron chi connectivity index (χ1n) is 9.76. The highest BCUT2D eigenvalue weighted by Gasteiger charge is 2.37. The van der Waals surface area contributed by atoms with E-state index in [2.05, 4.69) is 5.32 Å². The minimum atomic E-state index is -0.915. The molecule has 0 bridgehead atoms. The molecular formula is C24H21N3O2. The Morgan fingerprint density at radius 2 is 1.55 bits per heavy atom. The lowest BCUT2D eigenvalue weighted by molar-refractivity contribution is 0.00267. The Morgan fingerprint density at radius 3 is 2.21 bits per heavy atom. The molecule has 1 unspecified atom stereocenters. The zero-order valence-corrected chi connectivity index (χ0v) is 16.0. The zero-order chi connectivity index (χ0) is 20.0. The predicted octanol–water partition coefficient (Wildman–Crippen LogP) is 4.34. The normalized spacial score (nSPS) is 17.0. The third-order valence-corrected chi connectivity index (χ3v) is 5.60. The number of anilines is 1. The van der Waals surface area contributed by atoms with Crippen molar-refractivity contribution in [2.45, 2.75) is 19.2 Å². The summed E-state index contributed by atoms with van der Waals surface area (Å²) < 4.78 is 0. The van der Waals surface area contributed by atoms with Gasteiger partial charge in [-0.15, -0.1) is 0 Å². The number of nitrogens with zero attached hydrogens (tertiary/aromatic N) is 2. The molecule has 1 amide bonds. The number of pyridine rings is 1. The predicted molar refractivity (Wildman–Crippen MR) is 115 cm³/mol. The largest absolute Gasteiger partial charge is 0.382 e. The highest BCUT2D eigenvalue weighted by atomic mass is 16.3. The van der Waals surface area contributed by atoms with Crippen LogP contribution in [0.1, 0.15) is 29.1 Å². The van der Waals surface area contributed by atoms with Gasteiger partial charge in [0.05, 0.1) is 16.7 Å². The van der Waals surface area contributed by atoms with Crippen LogP contribution < -0.4 is 5.32 Å². The molecule has 2 heterocycles. The van der Waals surface area contributed by atoms with Crippen LogP contribution in [-0.2, 0) is 0 Å². The standard InChI is InChI=1S/C24H21N3O2/c1-15(27-23(28)16-8-2-3-9-17(16)24(27)29)14-25-22-18-10-4-6-12-20(18)26-21-13-7-5-11-19(21)22/h2-13,15,23,28H,14H2,1H3,(H,25,26)/t15?,23-/m1/s1. The maximum absolute atomic E-state index is 12.8. The molecule has 2 N–H and O–H groups in total. The molecule has 0 radical (unpaired) electrons. The average molecular weight is 383 g/mol. The Balaban J connectivity index is 1.47. The molecule has 2 atom stereocenters. The number of aliphatic hydroxyl groups excluding tert-OH is 1. The van der Waals surface area contributed by atoms with Crippen molar-refractivity contribution in [1.82, 2.24) is 9.88 Å². The van der Waals surface area contributed by atoms with Gasteiger partial charge in [0.1, 0.15) is 0 Å². The third kappa shape index (κ3) is 2.82. The van der Waals surface area contributed by atoms with Crippen molar-refractivity contribution in [2.24, 2.45) is 0 Å². The van der Waals surface area contributed by atoms with Gasteiger partial charge in [-0.3, -0.25) is 4.79 Å². The van der Waals surface area contributed by atoms with Gasteiger partial charge in [-0.05, 0) is 25.1 Å². The van der Waals surface area contributed by atoms with Crippen LogP contribution in [0.25, 0.3) is 21.8 Å². The number of aromatic nitrogens is 1. The van der Waals surface area contributed by atoms with E-state index in [0.717, 1.165) is 27.5 Å². The first-order chi connectivity index (χ1) is 14.1. The van der Waals surface area contributed by atoms with Gasteiger partial charge < -0.3 is 15.3 Å². The van der Waals surface area contributed by atoms with E-state index in [1.165, 1.54) is 0 Å². The highest BCUT2D eigenvalue weighted by molar-refractivity contribution is 6.07. The number of para-hydroxylation sites is 2. The summed E-state index contributed by atoms with van der Waals surface area (Å²) in [6.45, 7) is 2.46. The summed E-state index contributed by atoms with van der Waals surface area (Å²) >= 11 is 0. The SMILES string of the molecule is CC(CNc1c2ccccc2nc2ccccc12)N1C(=O)c2ccccc2[C@H]1O. The van der Waals surface area contributed by atoms with Gasteiger partial charge >= 0.3 is 0 Å². The molecule has 0 aliphatic carbocycles. The fraction of sp³-hybridized carbons (Fsp3) is 0.167. The molecule has 0 saturated heterocycles. The Bertz CT molecular complexity index is 1180. The van der Waals surface area contributed by atoms with Crippen molar-refractivity contribution in [2.75, 3.05) is 11.9 Å². The number of rotatable bonds is 4. The van der Waals surface area contributed by atoms with Crippen molar-refractivity contribution in [3.63, 3.8) is 0 Å². The minimum absolute atomic E-state index is 0.133. The second-order valence-corrected chi connectivity index (χ2v) is 7.42. The fourth-order valence-corrected chi connectivity index (χ4v) is 4.14. The van der Waals surface area contributed by atoms with Gasteiger partial charge in [0.2, 0.25) is 0 Å². The number of amides is 1. The molecule has 1 aliphatic rings. The molecule has 4 aromatic rings. The summed E-state index contributed by atoms with van der Waals surface area (Å²) in [6, 6.07) is 23.1. The second-order valence-electron chi connectivity index (χ2n) is 7.42. The molecular weight excluding hydrogens is 362 g/mol. The molecule has 1 aliphatic heterocycles. The average Bonchev–Trinajstić information content (AvgIpc) is 3.01. The van der Waals surface area contributed by atoms with Crippen LogP contribution in [-0.4, -0.2) is 33.5 Å². The number of benzene rings is 3. The van der Waals surface area contributed by atoms with Crippen LogP contribution in [0.3, 0.4) is 0 Å². The topological polar surface area (TPSA) is 65.5 Å². The molecule has 144 valence electrons. The lowest BCUT2D eigenvalue weighted by atomic mass is 10.1. The van der Waals surface area contributed by atoms with Gasteiger partial charge in [0, 0.05) is 34.5 Å². The molecule has 3 aromatic carbocycles. The van der Waals surface area contributed by atoms with E-state index >= 15 is 0 Å². The van der Waals surface area contributed by atoms with Gasteiger partial charge in [0.25, 0.3) is 5.91 Å².